The molecule has 0 aliphatic carbocycles. The zero-order valence-electron chi connectivity index (χ0n) is 42.3. The molecule has 0 spiro atoms. The van der Waals surface area contributed by atoms with Crippen LogP contribution in [0.1, 0.15) is 22.3 Å². The molecule has 8 aromatic carbocycles. The third kappa shape index (κ3) is 13.0. The summed E-state index contributed by atoms with van der Waals surface area (Å²) in [7, 11) is -25.8. The molecular formula is C55H44F9IO9S7. The molecule has 0 heterocycles. The van der Waals surface area contributed by atoms with Crippen molar-refractivity contribution in [1.82, 2.24) is 0 Å². The zero-order valence-corrected chi connectivity index (χ0v) is 50.2. The third-order valence-corrected chi connectivity index (χ3v) is 31.3. The Kier molecular flexibility index (Phi) is 18.3. The first kappa shape index (κ1) is 62.0. The fraction of sp³-hybridized carbons (Fsp3) is 0.127. The third-order valence-electron chi connectivity index (χ3n) is 11.8. The first-order valence-electron chi connectivity index (χ1n) is 23.3. The summed E-state index contributed by atoms with van der Waals surface area (Å²) in [5.41, 5.74) is -15.5. The van der Waals surface area contributed by atoms with Gasteiger partial charge < -0.3 is 0 Å². The summed E-state index contributed by atoms with van der Waals surface area (Å²) in [6.45, 7) is 6.50. The summed E-state index contributed by atoms with van der Waals surface area (Å²) in [5.74, 6) is 0. The Balaban J connectivity index is 1.09. The van der Waals surface area contributed by atoms with Gasteiger partial charge in [0.05, 0.1) is 0 Å². The Labute approximate surface area is 482 Å². The summed E-state index contributed by atoms with van der Waals surface area (Å²) < 4.78 is 220. The van der Waals surface area contributed by atoms with Gasteiger partial charge in [-0.25, -0.2) is 0 Å². The number of benzene rings is 8. The Morgan fingerprint density at radius 3 is 0.802 bits per heavy atom. The van der Waals surface area contributed by atoms with E-state index in [0.717, 1.165) is 23.5 Å². The van der Waals surface area contributed by atoms with Crippen molar-refractivity contribution in [3.63, 3.8) is 0 Å². The second kappa shape index (κ2) is 23.9. The number of halogens is 10. The van der Waals surface area contributed by atoms with Crippen LogP contribution in [0.15, 0.2) is 243 Å². The standard InChI is InChI=1S/C55H44F9IO9S7/c1-37-13-5-9-17-49(37)77(50-18-10-6-14-38(50)2,73-80(68,69)54(59,60)61)47-33-29-45(30-34-47)75-43-25-21-41(22-26-43)65(72-79(66,67)53(56,57)58)42-23-27-44(28-24-42)76-46-31-35-48(36-32-46)78(51-19-11-7-15-39(51)3,52-20-12-8-16-40(52)4)74-81(70,71)55(62,63)64/h5-36H,1-4H3. The Morgan fingerprint density at radius 1 is 0.333 bits per heavy atom. The van der Waals surface area contributed by atoms with Crippen LogP contribution >= 0.6 is 64.4 Å². The van der Waals surface area contributed by atoms with Gasteiger partial charge >= 0.3 is 342 Å². The smallest absolute Gasteiger partial charge is 0.0619 e. The molecule has 9 nitrogen and oxygen atoms in total. The van der Waals surface area contributed by atoms with Gasteiger partial charge in [0.2, 0.25) is 0 Å². The average molecular weight is 1370 g/mol. The van der Waals surface area contributed by atoms with Crippen molar-refractivity contribution >= 4 is 94.7 Å². The van der Waals surface area contributed by atoms with Crippen LogP contribution in [-0.4, -0.2) is 41.8 Å². The molecule has 26 heteroatoms. The number of hydrogen-bond acceptors (Lipinski definition) is 11. The Morgan fingerprint density at radius 2 is 0.568 bits per heavy atom. The zero-order chi connectivity index (χ0) is 59.0. The molecule has 0 N–H and O–H groups in total. The molecule has 0 bridgehead atoms. The van der Waals surface area contributed by atoms with E-state index < -0.39 is 87.7 Å². The molecular weight excluding hydrogens is 1330 g/mol. The molecule has 0 saturated carbocycles. The van der Waals surface area contributed by atoms with Gasteiger partial charge in [0, 0.05) is 0 Å². The molecule has 0 amide bonds. The van der Waals surface area contributed by atoms with E-state index in [-0.39, 0.29) is 36.5 Å². The molecule has 0 atom stereocenters. The van der Waals surface area contributed by atoms with Gasteiger partial charge in [0.25, 0.3) is 0 Å². The predicted octanol–water partition coefficient (Wildman–Crippen LogP) is 17.7. The fourth-order valence-electron chi connectivity index (χ4n) is 8.05. The van der Waals surface area contributed by atoms with Gasteiger partial charge in [-0.1, -0.05) is 72.8 Å². The molecule has 0 aliphatic rings. The summed E-state index contributed by atoms with van der Waals surface area (Å²) in [5, 5.41) is 0. The van der Waals surface area contributed by atoms with Crippen LogP contribution < -0.4 is 0 Å². The SMILES string of the molecule is Cc1ccccc1S(OS(=O)(=O)C(F)(F)F)(c1ccc(Sc2ccc(I(OS(=O)(=O)C(F)(F)F)c3ccc(Sc4ccc(S(OS(=O)(=O)C(F)(F)F)(c5ccccc5C)c5ccccc5C)cc4)cc3)cc2)cc1)c1ccccc1C. The molecule has 430 valence electrons. The molecule has 0 saturated heterocycles. The molecule has 8 aromatic rings. The summed E-state index contributed by atoms with van der Waals surface area (Å²) in [4.78, 5) is 3.06. The van der Waals surface area contributed by atoms with E-state index >= 15 is 0 Å². The van der Waals surface area contributed by atoms with Crippen LogP contribution in [0.3, 0.4) is 0 Å². The van der Waals surface area contributed by atoms with Crippen LogP contribution in [0.5, 0.6) is 0 Å². The Hall–Kier alpha value is -5.01. The quantitative estimate of drug-likeness (QED) is 0.0462. The molecule has 0 radical (unpaired) electrons. The topological polar surface area (TPSA) is 130 Å². The minimum Gasteiger partial charge on any atom is -0.0619 e. The van der Waals surface area contributed by atoms with Crippen LogP contribution in [0.4, 0.5) is 39.5 Å². The van der Waals surface area contributed by atoms with Crippen molar-refractivity contribution in [1.29, 1.82) is 0 Å². The maximum absolute atomic E-state index is 14.2. The van der Waals surface area contributed by atoms with Gasteiger partial charge in [-0.2, -0.15) is 43.2 Å². The van der Waals surface area contributed by atoms with Gasteiger partial charge in [-0.3, -0.25) is 0 Å². The van der Waals surface area contributed by atoms with E-state index in [4.69, 9.17) is 9.77 Å². The van der Waals surface area contributed by atoms with E-state index in [1.807, 2.05) is 0 Å². The van der Waals surface area contributed by atoms with Crippen LogP contribution in [0, 0.1) is 34.8 Å². The van der Waals surface area contributed by atoms with Crippen molar-refractivity contribution in [3.8, 4) is 0 Å². The van der Waals surface area contributed by atoms with Crippen LogP contribution in [0.25, 0.3) is 0 Å². The minimum atomic E-state index is -6.21. The van der Waals surface area contributed by atoms with Gasteiger partial charge in [0.1, 0.15) is 0 Å². The van der Waals surface area contributed by atoms with Gasteiger partial charge in [0.15, 0.2) is 0 Å². The number of rotatable bonds is 18. The fourth-order valence-corrected chi connectivity index (χ4v) is 26.4. The molecule has 0 unspecified atom stereocenters. The minimum absolute atomic E-state index is 0.117. The normalized spacial score (nSPS) is 13.7. The Bertz CT molecular complexity index is 3600. The van der Waals surface area contributed by atoms with Crippen molar-refractivity contribution in [2.45, 2.75) is 93.2 Å². The predicted molar refractivity (Wildman–Crippen MR) is 303 cm³/mol. The molecule has 0 aromatic heterocycles. The van der Waals surface area contributed by atoms with Gasteiger partial charge in [-0.05, 0) is 27.7 Å². The van der Waals surface area contributed by atoms with E-state index in [2.05, 4.69) is 0 Å². The molecule has 0 aliphatic heterocycles. The van der Waals surface area contributed by atoms with Crippen LogP contribution in [0.2, 0.25) is 0 Å². The molecule has 0 fully saturated rings. The van der Waals surface area contributed by atoms with E-state index in [1.54, 1.807) is 125 Å². The number of hydrogen-bond donors (Lipinski definition) is 0. The molecule has 8 rings (SSSR count). The van der Waals surface area contributed by atoms with Crippen molar-refractivity contribution in [2.75, 3.05) is 0 Å². The first-order chi connectivity index (χ1) is 37.9. The van der Waals surface area contributed by atoms with Crippen LogP contribution in [-0.2, 0) is 40.1 Å². The van der Waals surface area contributed by atoms with Crippen molar-refractivity contribution in [2.24, 2.45) is 0 Å². The monoisotopic (exact) mass is 1370 g/mol. The first-order valence-corrected chi connectivity index (χ1v) is 35.3. The number of alkyl halides is 9. The summed E-state index contributed by atoms with van der Waals surface area (Å²) in [6, 6.07) is 49.2. The summed E-state index contributed by atoms with van der Waals surface area (Å²) in [6.07, 6.45) is 0. The number of aryl methyl sites for hydroxylation is 4. The van der Waals surface area contributed by atoms with E-state index in [9.17, 15) is 64.8 Å². The van der Waals surface area contributed by atoms with Crippen molar-refractivity contribution in [3.05, 3.63) is 224 Å². The summed E-state index contributed by atoms with van der Waals surface area (Å²) >= 11 is -1.72. The maximum atomic E-state index is 14.2. The molecule has 81 heavy (non-hydrogen) atoms. The van der Waals surface area contributed by atoms with E-state index in [1.165, 1.54) is 97.1 Å². The second-order valence-electron chi connectivity index (χ2n) is 17.4. The average Bonchev–Trinajstić information content (AvgIpc) is 3.60. The van der Waals surface area contributed by atoms with E-state index in [0.29, 0.717) is 41.8 Å². The van der Waals surface area contributed by atoms with Gasteiger partial charge in [-0.15, -0.1) is 0 Å². The van der Waals surface area contributed by atoms with Crippen molar-refractivity contribution < 1.29 is 74.5 Å². The second-order valence-corrected chi connectivity index (χ2v) is 34.9.